The van der Waals surface area contributed by atoms with Gasteiger partial charge in [-0.15, -0.1) is 0 Å². The summed E-state index contributed by atoms with van der Waals surface area (Å²) in [6.07, 6.45) is 5.72. The maximum Gasteiger partial charge on any atom is 0.101 e. The third-order valence-electron chi connectivity index (χ3n) is 6.76. The molecule has 6 atom stereocenters. The van der Waals surface area contributed by atoms with Crippen LogP contribution in [0.15, 0.2) is 0 Å². The van der Waals surface area contributed by atoms with Crippen LogP contribution >= 0.6 is 0 Å². The molecule has 6 unspecified atom stereocenters. The van der Waals surface area contributed by atoms with Crippen LogP contribution in [0.3, 0.4) is 0 Å². The van der Waals surface area contributed by atoms with Gasteiger partial charge in [0.25, 0.3) is 0 Å². The molecule has 0 amide bonds. The molecule has 0 saturated heterocycles. The minimum absolute atomic E-state index is 0.423. The van der Waals surface area contributed by atoms with Crippen molar-refractivity contribution in [2.75, 3.05) is 0 Å². The van der Waals surface area contributed by atoms with Gasteiger partial charge in [-0.2, -0.15) is 0 Å². The van der Waals surface area contributed by atoms with E-state index < -0.39 is 0 Å². The lowest BCUT2D eigenvalue weighted by atomic mass is 9.71. The van der Waals surface area contributed by atoms with Gasteiger partial charge in [-0.05, 0) is 42.4 Å². The van der Waals surface area contributed by atoms with Crippen molar-refractivity contribution in [1.29, 1.82) is 0 Å². The van der Waals surface area contributed by atoms with Crippen LogP contribution in [0.25, 0.3) is 0 Å². The summed E-state index contributed by atoms with van der Waals surface area (Å²) in [7, 11) is 0. The molecule has 3 saturated carbocycles. The van der Waals surface area contributed by atoms with E-state index in [1.54, 1.807) is 0 Å². The summed E-state index contributed by atoms with van der Waals surface area (Å²) in [5, 5.41) is 0. The Kier molecular flexibility index (Phi) is 2.11. The zero-order valence-electron chi connectivity index (χ0n) is 11.4. The van der Waals surface area contributed by atoms with E-state index in [9.17, 15) is 0 Å². The van der Waals surface area contributed by atoms with E-state index in [2.05, 4.69) is 27.7 Å². The first-order valence-electron chi connectivity index (χ1n) is 7.24. The highest BCUT2D eigenvalue weighted by Crippen LogP contribution is 2.70. The normalized spacial score (nSPS) is 58.7. The Bertz CT molecular complexity index is 309. The second-order valence-electron chi connectivity index (χ2n) is 7.71. The number of quaternary nitrogens is 1. The quantitative estimate of drug-likeness (QED) is 0.653. The summed E-state index contributed by atoms with van der Waals surface area (Å²) < 4.78 is 0. The molecular formula is C15H28N+. The van der Waals surface area contributed by atoms with Crippen molar-refractivity contribution in [3.05, 3.63) is 0 Å². The van der Waals surface area contributed by atoms with Gasteiger partial charge in [0.15, 0.2) is 0 Å². The van der Waals surface area contributed by atoms with Gasteiger partial charge in [-0.1, -0.05) is 27.7 Å². The van der Waals surface area contributed by atoms with Gasteiger partial charge in [0.2, 0.25) is 0 Å². The molecular weight excluding hydrogens is 194 g/mol. The molecule has 3 aliphatic rings. The Morgan fingerprint density at radius 1 is 1.00 bits per heavy atom. The molecule has 0 bridgehead atoms. The van der Waals surface area contributed by atoms with Crippen LogP contribution in [0, 0.1) is 35.0 Å². The minimum Gasteiger partial charge on any atom is -0.352 e. The molecule has 0 aromatic carbocycles. The summed E-state index contributed by atoms with van der Waals surface area (Å²) >= 11 is 0. The van der Waals surface area contributed by atoms with Crippen molar-refractivity contribution in [2.24, 2.45) is 35.0 Å². The van der Waals surface area contributed by atoms with E-state index in [1.807, 2.05) is 0 Å². The lowest BCUT2D eigenvalue weighted by Crippen LogP contribution is -2.77. The van der Waals surface area contributed by atoms with E-state index in [0.717, 1.165) is 29.6 Å². The highest BCUT2D eigenvalue weighted by atomic mass is 14.9. The average Bonchev–Trinajstić information content (AvgIpc) is 2.64. The molecule has 3 fully saturated rings. The van der Waals surface area contributed by atoms with Crippen molar-refractivity contribution in [2.45, 2.75) is 58.9 Å². The summed E-state index contributed by atoms with van der Waals surface area (Å²) in [5.41, 5.74) is 5.78. The molecule has 1 heteroatoms. The smallest absolute Gasteiger partial charge is 0.101 e. The van der Waals surface area contributed by atoms with Gasteiger partial charge in [0.1, 0.15) is 5.54 Å². The third-order valence-corrected chi connectivity index (χ3v) is 6.76. The fraction of sp³-hybridized carbons (Fsp3) is 1.00. The fourth-order valence-electron chi connectivity index (χ4n) is 5.46. The number of hydrogen-bond acceptors (Lipinski definition) is 0. The first-order chi connectivity index (χ1) is 7.39. The number of fused-ring (bicyclic) bond motifs is 3. The van der Waals surface area contributed by atoms with Gasteiger partial charge in [0, 0.05) is 18.3 Å². The van der Waals surface area contributed by atoms with Crippen molar-refractivity contribution in [3.8, 4) is 0 Å². The SMILES string of the molecule is CC1CCC2([NH3+])C(C)CCC3C(C12)C3(C)C. The largest absolute Gasteiger partial charge is 0.352 e. The van der Waals surface area contributed by atoms with Crippen LogP contribution in [0.2, 0.25) is 0 Å². The monoisotopic (exact) mass is 222 g/mol. The summed E-state index contributed by atoms with van der Waals surface area (Å²) in [6, 6.07) is 0. The van der Waals surface area contributed by atoms with Crippen molar-refractivity contribution in [1.82, 2.24) is 0 Å². The molecule has 3 aliphatic carbocycles. The molecule has 0 spiro atoms. The van der Waals surface area contributed by atoms with E-state index >= 15 is 0 Å². The second kappa shape index (κ2) is 3.04. The van der Waals surface area contributed by atoms with Gasteiger partial charge in [0.05, 0.1) is 0 Å². The van der Waals surface area contributed by atoms with Gasteiger partial charge >= 0.3 is 0 Å². The third kappa shape index (κ3) is 1.16. The Balaban J connectivity index is 1.98. The fourth-order valence-corrected chi connectivity index (χ4v) is 5.46. The lowest BCUT2D eigenvalue weighted by Gasteiger charge is -2.35. The van der Waals surface area contributed by atoms with Crippen LogP contribution in [-0.4, -0.2) is 5.54 Å². The second-order valence-corrected chi connectivity index (χ2v) is 7.71. The zero-order chi connectivity index (χ0) is 11.7. The molecule has 3 N–H and O–H groups in total. The van der Waals surface area contributed by atoms with Gasteiger partial charge in [-0.25, -0.2) is 0 Å². The molecule has 1 nitrogen and oxygen atoms in total. The van der Waals surface area contributed by atoms with Gasteiger partial charge in [-0.3, -0.25) is 0 Å². The van der Waals surface area contributed by atoms with E-state index in [1.165, 1.54) is 25.7 Å². The maximum absolute atomic E-state index is 4.73. The molecule has 3 rings (SSSR count). The van der Waals surface area contributed by atoms with Crippen LogP contribution in [0.1, 0.15) is 53.4 Å². The van der Waals surface area contributed by atoms with Crippen LogP contribution in [0.4, 0.5) is 0 Å². The van der Waals surface area contributed by atoms with Crippen molar-refractivity contribution >= 4 is 0 Å². The predicted molar refractivity (Wildman–Crippen MR) is 66.7 cm³/mol. The molecule has 0 aromatic rings. The molecule has 0 aliphatic heterocycles. The summed E-state index contributed by atoms with van der Waals surface area (Å²) in [5.74, 6) is 4.71. The number of rotatable bonds is 0. The molecule has 0 aromatic heterocycles. The highest BCUT2D eigenvalue weighted by molar-refractivity contribution is 5.16. The molecule has 0 heterocycles. The van der Waals surface area contributed by atoms with Crippen molar-refractivity contribution in [3.63, 3.8) is 0 Å². The summed E-state index contributed by atoms with van der Waals surface area (Å²) in [4.78, 5) is 0. The first kappa shape index (κ1) is 11.1. The Morgan fingerprint density at radius 3 is 2.38 bits per heavy atom. The molecule has 16 heavy (non-hydrogen) atoms. The zero-order valence-corrected chi connectivity index (χ0v) is 11.4. The minimum atomic E-state index is 0.423. The Hall–Kier alpha value is -0.0400. The van der Waals surface area contributed by atoms with E-state index in [4.69, 9.17) is 5.73 Å². The predicted octanol–water partition coefficient (Wildman–Crippen LogP) is 2.72. The number of hydrogen-bond donors (Lipinski definition) is 1. The van der Waals surface area contributed by atoms with E-state index in [0.29, 0.717) is 11.0 Å². The van der Waals surface area contributed by atoms with Crippen molar-refractivity contribution < 1.29 is 5.73 Å². The van der Waals surface area contributed by atoms with Gasteiger partial charge < -0.3 is 5.73 Å². The standard InChI is InChI=1S/C15H27N/c1-9-7-8-15(16)10(2)5-6-11-13(12(9)15)14(11,3)4/h9-13H,5-8,16H2,1-4H3/p+1. The molecule has 92 valence electrons. The van der Waals surface area contributed by atoms with Crippen LogP contribution in [-0.2, 0) is 0 Å². The topological polar surface area (TPSA) is 27.6 Å². The maximum atomic E-state index is 4.73. The average molecular weight is 222 g/mol. The Morgan fingerprint density at radius 2 is 1.69 bits per heavy atom. The highest BCUT2D eigenvalue weighted by Gasteiger charge is 2.69. The first-order valence-corrected chi connectivity index (χ1v) is 7.24. The Labute approximate surface area is 100 Å². The van der Waals surface area contributed by atoms with E-state index in [-0.39, 0.29) is 0 Å². The molecule has 0 radical (unpaired) electrons. The van der Waals surface area contributed by atoms with Crippen LogP contribution < -0.4 is 5.73 Å². The summed E-state index contributed by atoms with van der Waals surface area (Å²) in [6.45, 7) is 9.96. The lowest BCUT2D eigenvalue weighted by molar-refractivity contribution is -0.504. The van der Waals surface area contributed by atoms with Crippen LogP contribution in [0.5, 0.6) is 0 Å².